The zero-order valence-corrected chi connectivity index (χ0v) is 22.3. The fourth-order valence-electron chi connectivity index (χ4n) is 7.75. The second-order valence-corrected chi connectivity index (χ2v) is 12.3. The van der Waals surface area contributed by atoms with Crippen LogP contribution in [0.15, 0.2) is 53.1 Å². The minimum atomic E-state index is -0.576. The van der Waals surface area contributed by atoms with Crippen molar-refractivity contribution in [2.45, 2.75) is 71.0 Å². The molecule has 1 N–H and O–H groups in total. The third-order valence-electron chi connectivity index (χ3n) is 9.88. The Hall–Kier alpha value is -3.10. The molecule has 196 valence electrons. The Morgan fingerprint density at radius 2 is 2.00 bits per heavy atom. The van der Waals surface area contributed by atoms with Crippen molar-refractivity contribution in [3.05, 3.63) is 59.9 Å². The normalized spacial score (nSPS) is 29.7. The zero-order valence-electron chi connectivity index (χ0n) is 22.3. The SMILES string of the molecule is CC(=O)Nc1ccc2c(c1)N([C@@H](Cc1coc3ccccc13)B1O[C@@H]3C[C@@H]4C[C@@H](C4(C)C)[C@]3(C)O1)C(=O)C2. The fraction of sp³-hybridized carbons (Fsp3) is 0.467. The van der Waals surface area contributed by atoms with E-state index in [-0.39, 0.29) is 34.9 Å². The summed E-state index contributed by atoms with van der Waals surface area (Å²) >= 11 is 0. The zero-order chi connectivity index (χ0) is 26.4. The molecule has 2 amide bonds. The van der Waals surface area contributed by atoms with E-state index >= 15 is 0 Å². The molecule has 3 aliphatic carbocycles. The number of anilines is 2. The number of amides is 2. The van der Waals surface area contributed by atoms with Gasteiger partial charge < -0.3 is 23.9 Å². The molecule has 2 bridgehead atoms. The summed E-state index contributed by atoms with van der Waals surface area (Å²) in [5, 5.41) is 3.89. The van der Waals surface area contributed by atoms with Gasteiger partial charge in [0, 0.05) is 23.7 Å². The molecule has 0 unspecified atom stereocenters. The van der Waals surface area contributed by atoms with E-state index in [4.69, 9.17) is 13.7 Å². The lowest BCUT2D eigenvalue weighted by atomic mass is 9.43. The van der Waals surface area contributed by atoms with E-state index in [0.29, 0.717) is 30.4 Å². The molecule has 0 spiro atoms. The van der Waals surface area contributed by atoms with Gasteiger partial charge in [-0.2, -0.15) is 0 Å². The van der Waals surface area contributed by atoms with E-state index in [1.165, 1.54) is 13.3 Å². The Balaban J connectivity index is 1.29. The first-order valence-electron chi connectivity index (χ1n) is 13.7. The van der Waals surface area contributed by atoms with E-state index in [9.17, 15) is 9.59 Å². The van der Waals surface area contributed by atoms with E-state index in [0.717, 1.165) is 34.2 Å². The Kier molecular flexibility index (Phi) is 5.18. The Morgan fingerprint density at radius 1 is 1.18 bits per heavy atom. The molecule has 8 rings (SSSR count). The highest BCUT2D eigenvalue weighted by Gasteiger charge is 2.69. The maximum Gasteiger partial charge on any atom is 0.482 e. The number of hydrogen-bond acceptors (Lipinski definition) is 5. The van der Waals surface area contributed by atoms with Crippen LogP contribution in [0.1, 0.15) is 51.7 Å². The molecular formula is C30H33BN2O5. The van der Waals surface area contributed by atoms with Gasteiger partial charge in [0.2, 0.25) is 11.8 Å². The van der Waals surface area contributed by atoms with Gasteiger partial charge >= 0.3 is 7.12 Å². The van der Waals surface area contributed by atoms with E-state index < -0.39 is 7.12 Å². The van der Waals surface area contributed by atoms with E-state index in [1.807, 2.05) is 41.3 Å². The minimum Gasteiger partial charge on any atom is -0.464 e. The van der Waals surface area contributed by atoms with Gasteiger partial charge in [-0.25, -0.2) is 0 Å². The maximum absolute atomic E-state index is 13.6. The largest absolute Gasteiger partial charge is 0.482 e. The monoisotopic (exact) mass is 512 g/mol. The summed E-state index contributed by atoms with van der Waals surface area (Å²) in [6, 6.07) is 13.6. The van der Waals surface area contributed by atoms with Crippen LogP contribution in [-0.2, 0) is 31.7 Å². The molecule has 2 aliphatic heterocycles. The first kappa shape index (κ1) is 24.0. The molecule has 8 heteroatoms. The quantitative estimate of drug-likeness (QED) is 0.478. The standard InChI is InChI=1S/C30H33BN2O5/c1-17(34)32-21-10-9-18-12-28(35)33(23(18)15-21)27(11-19-16-36-24-8-6-5-7-22(19)24)31-37-26-14-20-13-25(29(20,2)3)30(26,4)38-31/h5-10,15-16,20,25-27H,11-14H2,1-4H3,(H,32,34)/t20-,25-,26+,27-,30-/m0/s1. The van der Waals surface area contributed by atoms with Gasteiger partial charge in [-0.3, -0.25) is 9.59 Å². The van der Waals surface area contributed by atoms with Crippen molar-refractivity contribution >= 4 is 41.3 Å². The number of hydrogen-bond donors (Lipinski definition) is 1. The van der Waals surface area contributed by atoms with E-state index in [1.54, 1.807) is 6.26 Å². The second kappa shape index (κ2) is 8.20. The highest BCUT2D eigenvalue weighted by Crippen LogP contribution is 2.66. The van der Waals surface area contributed by atoms with Crippen molar-refractivity contribution in [1.29, 1.82) is 0 Å². The predicted molar refractivity (Wildman–Crippen MR) is 146 cm³/mol. The lowest BCUT2D eigenvalue weighted by Gasteiger charge is -2.64. The molecule has 2 aromatic carbocycles. The van der Waals surface area contributed by atoms with E-state index in [2.05, 4.69) is 32.2 Å². The van der Waals surface area contributed by atoms with Crippen molar-refractivity contribution in [1.82, 2.24) is 0 Å². The third kappa shape index (κ3) is 3.42. The van der Waals surface area contributed by atoms with Crippen LogP contribution >= 0.6 is 0 Å². The van der Waals surface area contributed by atoms with Crippen LogP contribution < -0.4 is 10.2 Å². The van der Waals surface area contributed by atoms with Crippen LogP contribution in [0.5, 0.6) is 0 Å². The lowest BCUT2D eigenvalue weighted by molar-refractivity contribution is -0.199. The van der Waals surface area contributed by atoms with Crippen molar-refractivity contribution in [3.63, 3.8) is 0 Å². The summed E-state index contributed by atoms with van der Waals surface area (Å²) in [5.41, 5.74) is 4.08. The van der Waals surface area contributed by atoms with Crippen LogP contribution in [-0.4, -0.2) is 36.6 Å². The van der Waals surface area contributed by atoms with Gasteiger partial charge in [-0.1, -0.05) is 38.1 Å². The van der Waals surface area contributed by atoms with Gasteiger partial charge in [0.05, 0.1) is 30.3 Å². The molecule has 7 nitrogen and oxygen atoms in total. The first-order valence-corrected chi connectivity index (χ1v) is 13.7. The van der Waals surface area contributed by atoms with Crippen LogP contribution in [0.25, 0.3) is 11.0 Å². The minimum absolute atomic E-state index is 0.00892. The number of nitrogens with zero attached hydrogens (tertiary/aromatic N) is 1. The molecule has 1 saturated heterocycles. The molecule has 3 heterocycles. The molecule has 5 aliphatic rings. The van der Waals surface area contributed by atoms with Crippen LogP contribution in [0.4, 0.5) is 11.4 Å². The molecular weight excluding hydrogens is 479 g/mol. The Bertz CT molecular complexity index is 1470. The number of carbonyl (C=O) groups excluding carboxylic acids is 2. The van der Waals surface area contributed by atoms with Crippen LogP contribution in [0.3, 0.4) is 0 Å². The lowest BCUT2D eigenvalue weighted by Crippen LogP contribution is -2.65. The number of benzene rings is 2. The van der Waals surface area contributed by atoms with Gasteiger partial charge in [0.15, 0.2) is 0 Å². The van der Waals surface area contributed by atoms with Gasteiger partial charge in [0.25, 0.3) is 0 Å². The molecule has 5 atom stereocenters. The van der Waals surface area contributed by atoms with Gasteiger partial charge in [-0.05, 0) is 72.8 Å². The highest BCUT2D eigenvalue weighted by molar-refractivity contribution is 6.49. The average Bonchev–Trinajstić information content (AvgIpc) is 3.54. The average molecular weight is 512 g/mol. The number of nitrogens with one attached hydrogen (secondary N) is 1. The van der Waals surface area contributed by atoms with Crippen molar-refractivity contribution in [3.8, 4) is 0 Å². The molecule has 3 aromatic rings. The van der Waals surface area contributed by atoms with Crippen molar-refractivity contribution < 1.29 is 23.3 Å². The number of rotatable bonds is 5. The molecule has 38 heavy (non-hydrogen) atoms. The number of fused-ring (bicyclic) bond motifs is 2. The summed E-state index contributed by atoms with van der Waals surface area (Å²) in [6.07, 6.45) is 4.78. The summed E-state index contributed by atoms with van der Waals surface area (Å²) in [7, 11) is -0.576. The van der Waals surface area contributed by atoms with Gasteiger partial charge in [-0.15, -0.1) is 0 Å². The van der Waals surface area contributed by atoms with Gasteiger partial charge in [0.1, 0.15) is 5.58 Å². The van der Waals surface area contributed by atoms with Crippen LogP contribution in [0.2, 0.25) is 0 Å². The first-order chi connectivity index (χ1) is 18.1. The Morgan fingerprint density at radius 3 is 2.79 bits per heavy atom. The highest BCUT2D eigenvalue weighted by atomic mass is 16.7. The fourth-order valence-corrected chi connectivity index (χ4v) is 7.75. The summed E-state index contributed by atoms with van der Waals surface area (Å²) in [5.74, 6) is 0.531. The number of para-hydroxylation sites is 1. The van der Waals surface area contributed by atoms with Crippen molar-refractivity contribution in [2.75, 3.05) is 10.2 Å². The third-order valence-corrected chi connectivity index (χ3v) is 9.88. The van der Waals surface area contributed by atoms with Crippen molar-refractivity contribution in [2.24, 2.45) is 17.3 Å². The summed E-state index contributed by atoms with van der Waals surface area (Å²) in [6.45, 7) is 8.39. The predicted octanol–water partition coefficient (Wildman–Crippen LogP) is 5.16. The smallest absolute Gasteiger partial charge is 0.464 e. The molecule has 3 saturated carbocycles. The molecule has 4 fully saturated rings. The Labute approximate surface area is 223 Å². The number of carbonyl (C=O) groups is 2. The molecule has 0 radical (unpaired) electrons. The van der Waals surface area contributed by atoms with Crippen LogP contribution in [0, 0.1) is 17.3 Å². The summed E-state index contributed by atoms with van der Waals surface area (Å²) in [4.78, 5) is 27.2. The number of furan rings is 1. The second-order valence-electron chi connectivity index (χ2n) is 12.3. The topological polar surface area (TPSA) is 81.0 Å². The maximum atomic E-state index is 13.6. The molecule has 1 aromatic heterocycles. The summed E-state index contributed by atoms with van der Waals surface area (Å²) < 4.78 is 19.5.